The third-order valence-electron chi connectivity index (χ3n) is 4.00. The molecule has 1 aliphatic carbocycles. The predicted molar refractivity (Wildman–Crippen MR) is 77.5 cm³/mol. The highest BCUT2D eigenvalue weighted by atomic mass is 16.6. The summed E-state index contributed by atoms with van der Waals surface area (Å²) in [5.74, 6) is -2.50. The Bertz CT molecular complexity index is 701. The Morgan fingerprint density at radius 1 is 1.27 bits per heavy atom. The molecule has 0 aromatic heterocycles. The average Bonchev–Trinajstić information content (AvgIpc) is 2.93. The van der Waals surface area contributed by atoms with Crippen molar-refractivity contribution < 1.29 is 23.9 Å². The van der Waals surface area contributed by atoms with Gasteiger partial charge in [0.15, 0.2) is 0 Å². The van der Waals surface area contributed by atoms with Gasteiger partial charge in [-0.05, 0) is 29.7 Å². The molecule has 1 aromatic carbocycles. The van der Waals surface area contributed by atoms with Gasteiger partial charge in [-0.25, -0.2) is 4.79 Å². The van der Waals surface area contributed by atoms with E-state index in [1.54, 1.807) is 0 Å². The SMILES string of the molecule is COC(=O)C1CC(c2ccccc2)=CC(=O)C12C=CC(=O)O2. The van der Waals surface area contributed by atoms with Gasteiger partial charge in [0.25, 0.3) is 0 Å². The molecule has 0 amide bonds. The molecule has 1 spiro atoms. The van der Waals surface area contributed by atoms with E-state index < -0.39 is 29.2 Å². The van der Waals surface area contributed by atoms with Gasteiger partial charge in [-0.3, -0.25) is 9.59 Å². The second-order valence-corrected chi connectivity index (χ2v) is 5.23. The smallest absolute Gasteiger partial charge is 0.331 e. The molecule has 2 atom stereocenters. The Labute approximate surface area is 127 Å². The molecule has 1 aromatic rings. The van der Waals surface area contributed by atoms with Crippen LogP contribution in [0.15, 0.2) is 48.6 Å². The van der Waals surface area contributed by atoms with Crippen molar-refractivity contribution in [1.82, 2.24) is 0 Å². The zero-order valence-electron chi connectivity index (χ0n) is 11.9. The van der Waals surface area contributed by atoms with Crippen molar-refractivity contribution in [3.8, 4) is 0 Å². The molecular weight excluding hydrogens is 284 g/mol. The lowest BCUT2D eigenvalue weighted by Crippen LogP contribution is -2.50. The maximum Gasteiger partial charge on any atom is 0.331 e. The Balaban J connectivity index is 2.05. The minimum Gasteiger partial charge on any atom is -0.469 e. The van der Waals surface area contributed by atoms with E-state index in [1.807, 2.05) is 30.3 Å². The van der Waals surface area contributed by atoms with Crippen LogP contribution in [0.2, 0.25) is 0 Å². The third kappa shape index (κ3) is 2.15. The molecule has 2 unspecified atom stereocenters. The summed E-state index contributed by atoms with van der Waals surface area (Å²) < 4.78 is 9.98. The summed E-state index contributed by atoms with van der Waals surface area (Å²) in [6, 6.07) is 9.31. The number of carbonyl (C=O) groups excluding carboxylic acids is 3. The maximum absolute atomic E-state index is 12.6. The van der Waals surface area contributed by atoms with Gasteiger partial charge in [0.1, 0.15) is 5.92 Å². The van der Waals surface area contributed by atoms with Crippen molar-refractivity contribution in [2.75, 3.05) is 7.11 Å². The maximum atomic E-state index is 12.6. The molecule has 0 N–H and O–H groups in total. The van der Waals surface area contributed by atoms with Gasteiger partial charge in [0, 0.05) is 6.08 Å². The summed E-state index contributed by atoms with van der Waals surface area (Å²) in [5, 5.41) is 0. The fraction of sp³-hybridized carbons (Fsp3) is 0.235. The zero-order chi connectivity index (χ0) is 15.7. The lowest BCUT2D eigenvalue weighted by molar-refractivity contribution is -0.167. The molecule has 1 heterocycles. The van der Waals surface area contributed by atoms with Gasteiger partial charge in [-0.1, -0.05) is 30.3 Å². The highest BCUT2D eigenvalue weighted by molar-refractivity contribution is 6.11. The van der Waals surface area contributed by atoms with Crippen LogP contribution in [0.4, 0.5) is 0 Å². The fourth-order valence-corrected chi connectivity index (χ4v) is 2.87. The largest absolute Gasteiger partial charge is 0.469 e. The zero-order valence-corrected chi connectivity index (χ0v) is 11.9. The van der Waals surface area contributed by atoms with Gasteiger partial charge in [0.2, 0.25) is 11.4 Å². The number of ether oxygens (including phenoxy) is 2. The number of ketones is 1. The molecule has 0 radical (unpaired) electrons. The first kappa shape index (κ1) is 14.3. The number of esters is 2. The first-order valence-corrected chi connectivity index (χ1v) is 6.87. The molecule has 1 aliphatic heterocycles. The van der Waals surface area contributed by atoms with Crippen molar-refractivity contribution in [3.63, 3.8) is 0 Å². The van der Waals surface area contributed by atoms with E-state index >= 15 is 0 Å². The monoisotopic (exact) mass is 298 g/mol. The molecule has 0 saturated carbocycles. The summed E-state index contributed by atoms with van der Waals surface area (Å²) in [6.07, 6.45) is 4.24. The Morgan fingerprint density at radius 2 is 2.00 bits per heavy atom. The standard InChI is InChI=1S/C17H14O5/c1-21-16(20)13-9-12(11-5-3-2-4-6-11)10-14(18)17(13)8-7-15(19)22-17/h2-8,10,13H,9H2,1H3. The van der Waals surface area contributed by atoms with Crippen molar-refractivity contribution in [2.24, 2.45) is 5.92 Å². The minimum atomic E-state index is -1.57. The van der Waals surface area contributed by atoms with Crippen LogP contribution in [0.3, 0.4) is 0 Å². The van der Waals surface area contributed by atoms with E-state index in [0.717, 1.165) is 11.1 Å². The van der Waals surface area contributed by atoms with Gasteiger partial charge in [-0.2, -0.15) is 0 Å². The lowest BCUT2D eigenvalue weighted by atomic mass is 9.73. The van der Waals surface area contributed by atoms with E-state index in [2.05, 4.69) is 0 Å². The van der Waals surface area contributed by atoms with Crippen LogP contribution in [0.5, 0.6) is 0 Å². The molecule has 5 heteroatoms. The molecule has 0 fully saturated rings. The number of allylic oxidation sites excluding steroid dienone is 1. The van der Waals surface area contributed by atoms with Crippen molar-refractivity contribution in [3.05, 3.63) is 54.1 Å². The van der Waals surface area contributed by atoms with E-state index in [1.165, 1.54) is 25.3 Å². The van der Waals surface area contributed by atoms with E-state index in [4.69, 9.17) is 9.47 Å². The number of rotatable bonds is 2. The van der Waals surface area contributed by atoms with E-state index in [9.17, 15) is 14.4 Å². The summed E-state index contributed by atoms with van der Waals surface area (Å²) in [7, 11) is 1.25. The Hall–Kier alpha value is -2.69. The predicted octanol–water partition coefficient (Wildman–Crippen LogP) is 1.68. The van der Waals surface area contributed by atoms with Gasteiger partial charge in [-0.15, -0.1) is 0 Å². The van der Waals surface area contributed by atoms with Crippen LogP contribution in [-0.2, 0) is 23.9 Å². The van der Waals surface area contributed by atoms with Crippen LogP contribution in [-0.4, -0.2) is 30.4 Å². The fourth-order valence-electron chi connectivity index (χ4n) is 2.87. The lowest BCUT2D eigenvalue weighted by Gasteiger charge is -2.35. The Kier molecular flexibility index (Phi) is 3.41. The quantitative estimate of drug-likeness (QED) is 0.777. The number of methoxy groups -OCH3 is 1. The summed E-state index contributed by atoms with van der Waals surface area (Å²) in [5.41, 5.74) is 0.0125. The van der Waals surface area contributed by atoms with Crippen LogP contribution >= 0.6 is 0 Å². The van der Waals surface area contributed by atoms with Crippen LogP contribution in [0.1, 0.15) is 12.0 Å². The van der Waals surface area contributed by atoms with Crippen molar-refractivity contribution in [1.29, 1.82) is 0 Å². The van der Waals surface area contributed by atoms with E-state index in [-0.39, 0.29) is 6.42 Å². The molecule has 3 rings (SSSR count). The number of carbonyl (C=O) groups is 3. The third-order valence-corrected chi connectivity index (χ3v) is 4.00. The normalized spacial score (nSPS) is 26.8. The molecular formula is C17H14O5. The summed E-state index contributed by atoms with van der Waals surface area (Å²) >= 11 is 0. The minimum absolute atomic E-state index is 0.264. The molecule has 2 aliphatic rings. The van der Waals surface area contributed by atoms with Crippen molar-refractivity contribution >= 4 is 23.3 Å². The van der Waals surface area contributed by atoms with Crippen LogP contribution in [0, 0.1) is 5.92 Å². The average molecular weight is 298 g/mol. The first-order chi connectivity index (χ1) is 10.6. The molecule has 0 saturated heterocycles. The molecule has 0 bridgehead atoms. The second-order valence-electron chi connectivity index (χ2n) is 5.23. The van der Waals surface area contributed by atoms with Gasteiger partial charge in [0.05, 0.1) is 7.11 Å². The van der Waals surface area contributed by atoms with Crippen molar-refractivity contribution in [2.45, 2.75) is 12.0 Å². The topological polar surface area (TPSA) is 69.7 Å². The number of benzene rings is 1. The molecule has 5 nitrogen and oxygen atoms in total. The number of hydrogen-bond donors (Lipinski definition) is 0. The first-order valence-electron chi connectivity index (χ1n) is 6.87. The van der Waals surface area contributed by atoms with Gasteiger partial charge >= 0.3 is 11.9 Å². The molecule has 112 valence electrons. The van der Waals surface area contributed by atoms with E-state index in [0.29, 0.717) is 0 Å². The number of hydrogen-bond acceptors (Lipinski definition) is 5. The second kappa shape index (κ2) is 5.26. The highest BCUT2D eigenvalue weighted by Gasteiger charge is 2.55. The highest BCUT2D eigenvalue weighted by Crippen LogP contribution is 2.41. The van der Waals surface area contributed by atoms with Crippen LogP contribution in [0.25, 0.3) is 5.57 Å². The van der Waals surface area contributed by atoms with Crippen LogP contribution < -0.4 is 0 Å². The molecule has 22 heavy (non-hydrogen) atoms. The Morgan fingerprint density at radius 3 is 2.59 bits per heavy atom. The summed E-state index contributed by atoms with van der Waals surface area (Å²) in [6.45, 7) is 0. The van der Waals surface area contributed by atoms with Gasteiger partial charge < -0.3 is 9.47 Å². The summed E-state index contributed by atoms with van der Waals surface area (Å²) in [4.78, 5) is 36.1.